The molecule has 0 bridgehead atoms. The largest absolute Gasteiger partial charge is 0.213 e. The summed E-state index contributed by atoms with van der Waals surface area (Å²) in [5, 5.41) is 1.45. The van der Waals surface area contributed by atoms with Crippen molar-refractivity contribution in [1.82, 2.24) is 0 Å². The molecule has 0 atom stereocenters. The van der Waals surface area contributed by atoms with Gasteiger partial charge in [-0.3, -0.25) is 0 Å². The predicted octanol–water partition coefficient (Wildman–Crippen LogP) is 6.22. The fourth-order valence-electron chi connectivity index (χ4n) is 4.76. The maximum Gasteiger partial charge on any atom is 0.213 e. The second-order valence-corrected chi connectivity index (χ2v) is 8.30. The maximum atomic E-state index is 2.50. The molecule has 134 valence electrons. The lowest BCUT2D eigenvalue weighted by molar-refractivity contribution is -0.633. The number of aromatic nitrogens is 1. The zero-order valence-corrected chi connectivity index (χ0v) is 16.8. The summed E-state index contributed by atoms with van der Waals surface area (Å²) in [6.45, 7) is 8.91. The summed E-state index contributed by atoms with van der Waals surface area (Å²) in [4.78, 5) is 0. The van der Waals surface area contributed by atoms with E-state index < -0.39 is 0 Å². The molecule has 1 aromatic heterocycles. The third-order valence-electron chi connectivity index (χ3n) is 6.36. The van der Waals surface area contributed by atoms with Gasteiger partial charge >= 0.3 is 0 Å². The minimum atomic E-state index is 0.713. The Balaban J connectivity index is 2.05. The predicted molar refractivity (Wildman–Crippen MR) is 111 cm³/mol. The number of rotatable bonds is 2. The van der Waals surface area contributed by atoms with Gasteiger partial charge in [-0.25, -0.2) is 0 Å². The molecule has 1 heteroatoms. The van der Waals surface area contributed by atoms with Gasteiger partial charge in [-0.05, 0) is 75.3 Å². The van der Waals surface area contributed by atoms with Gasteiger partial charge in [0.05, 0.1) is 5.39 Å². The summed E-state index contributed by atoms with van der Waals surface area (Å²) in [6.07, 6.45) is 5.41. The Labute approximate surface area is 157 Å². The van der Waals surface area contributed by atoms with Gasteiger partial charge in [-0.1, -0.05) is 36.1 Å². The Bertz CT molecular complexity index is 991. The minimum Gasteiger partial charge on any atom is -0.194 e. The van der Waals surface area contributed by atoms with E-state index in [4.69, 9.17) is 0 Å². The molecule has 26 heavy (non-hydrogen) atoms. The van der Waals surface area contributed by atoms with Crippen molar-refractivity contribution in [2.45, 2.75) is 59.3 Å². The van der Waals surface area contributed by atoms with Gasteiger partial charge in [0.25, 0.3) is 0 Å². The van der Waals surface area contributed by atoms with Crippen LogP contribution in [0.15, 0.2) is 36.4 Å². The molecule has 0 aliphatic heterocycles. The number of hydrogen-bond donors (Lipinski definition) is 0. The first-order chi connectivity index (χ1) is 12.5. The molecule has 1 saturated carbocycles. The molecule has 0 unspecified atom stereocenters. The highest BCUT2D eigenvalue weighted by Gasteiger charge is 2.26. The van der Waals surface area contributed by atoms with Crippen LogP contribution in [-0.2, 0) is 7.05 Å². The van der Waals surface area contributed by atoms with Crippen LogP contribution in [0, 0.1) is 27.7 Å². The van der Waals surface area contributed by atoms with Crippen LogP contribution < -0.4 is 4.57 Å². The normalized spacial score (nSPS) is 15.1. The molecule has 2 aromatic carbocycles. The van der Waals surface area contributed by atoms with E-state index in [1.54, 1.807) is 5.56 Å². The Morgan fingerprint density at radius 3 is 2.31 bits per heavy atom. The van der Waals surface area contributed by atoms with E-state index in [1.165, 1.54) is 70.1 Å². The van der Waals surface area contributed by atoms with Crippen LogP contribution in [0.5, 0.6) is 0 Å². The SMILES string of the molecule is Cc1cc(C)c(C)c(-c2cc(C3CCCC3)c3cc(C)ccc3[n+]2C)c1. The Kier molecular flexibility index (Phi) is 4.34. The van der Waals surface area contributed by atoms with Crippen molar-refractivity contribution in [3.05, 3.63) is 64.2 Å². The second kappa shape index (κ2) is 6.54. The van der Waals surface area contributed by atoms with Crippen molar-refractivity contribution in [1.29, 1.82) is 0 Å². The van der Waals surface area contributed by atoms with Gasteiger partial charge in [-0.2, -0.15) is 4.57 Å². The molecule has 0 amide bonds. The van der Waals surface area contributed by atoms with Crippen molar-refractivity contribution >= 4 is 10.9 Å². The lowest BCUT2D eigenvalue weighted by Crippen LogP contribution is -2.33. The number of fused-ring (bicyclic) bond motifs is 1. The minimum absolute atomic E-state index is 0.713. The number of benzene rings is 2. The van der Waals surface area contributed by atoms with Crippen molar-refractivity contribution in [2.75, 3.05) is 0 Å². The fourth-order valence-corrected chi connectivity index (χ4v) is 4.76. The quantitative estimate of drug-likeness (QED) is 0.486. The first kappa shape index (κ1) is 17.3. The maximum absolute atomic E-state index is 2.50. The van der Waals surface area contributed by atoms with Gasteiger partial charge < -0.3 is 0 Å². The summed E-state index contributed by atoms with van der Waals surface area (Å²) in [7, 11) is 2.22. The highest BCUT2D eigenvalue weighted by atomic mass is 14.9. The molecule has 1 nitrogen and oxygen atoms in total. The molecule has 1 aliphatic rings. The molecule has 0 N–H and O–H groups in total. The second-order valence-electron chi connectivity index (χ2n) is 8.30. The van der Waals surface area contributed by atoms with Gasteiger partial charge in [0.2, 0.25) is 11.2 Å². The van der Waals surface area contributed by atoms with Crippen LogP contribution in [0.1, 0.15) is 59.4 Å². The zero-order chi connectivity index (χ0) is 18.4. The third-order valence-corrected chi connectivity index (χ3v) is 6.36. The lowest BCUT2D eigenvalue weighted by atomic mass is 9.90. The van der Waals surface area contributed by atoms with E-state index in [2.05, 4.69) is 75.7 Å². The van der Waals surface area contributed by atoms with Crippen molar-refractivity contribution in [2.24, 2.45) is 7.05 Å². The third kappa shape index (κ3) is 2.84. The molecule has 1 aliphatic carbocycles. The van der Waals surface area contributed by atoms with E-state index >= 15 is 0 Å². The summed E-state index contributed by atoms with van der Waals surface area (Å²) < 4.78 is 2.40. The van der Waals surface area contributed by atoms with E-state index in [9.17, 15) is 0 Å². The van der Waals surface area contributed by atoms with E-state index in [1.807, 2.05) is 0 Å². The first-order valence-corrected chi connectivity index (χ1v) is 9.97. The summed E-state index contributed by atoms with van der Waals surface area (Å²) >= 11 is 0. The average Bonchev–Trinajstić information content (AvgIpc) is 3.13. The number of hydrogen-bond acceptors (Lipinski definition) is 0. The molecule has 1 heterocycles. The van der Waals surface area contributed by atoms with Crippen molar-refractivity contribution < 1.29 is 4.57 Å². The fraction of sp³-hybridized carbons (Fsp3) is 0.400. The van der Waals surface area contributed by atoms with Crippen LogP contribution in [-0.4, -0.2) is 0 Å². The highest BCUT2D eigenvalue weighted by molar-refractivity contribution is 5.83. The zero-order valence-electron chi connectivity index (χ0n) is 16.8. The van der Waals surface area contributed by atoms with E-state index in [0.29, 0.717) is 5.92 Å². The van der Waals surface area contributed by atoms with Gasteiger partial charge in [0.1, 0.15) is 7.05 Å². The van der Waals surface area contributed by atoms with Crippen LogP contribution in [0.25, 0.3) is 22.2 Å². The smallest absolute Gasteiger partial charge is 0.194 e. The highest BCUT2D eigenvalue weighted by Crippen LogP contribution is 2.39. The van der Waals surface area contributed by atoms with Crippen molar-refractivity contribution in [3.63, 3.8) is 0 Å². The van der Waals surface area contributed by atoms with E-state index in [0.717, 1.165) is 0 Å². The summed E-state index contributed by atoms with van der Waals surface area (Å²) in [6, 6.07) is 14.1. The molecule has 0 radical (unpaired) electrons. The topological polar surface area (TPSA) is 3.88 Å². The monoisotopic (exact) mass is 344 g/mol. The van der Waals surface area contributed by atoms with Gasteiger partial charge in [0.15, 0.2) is 0 Å². The Hall–Kier alpha value is -2.15. The molecule has 3 aromatic rings. The molecular formula is C25H30N+. The Morgan fingerprint density at radius 1 is 0.846 bits per heavy atom. The molecule has 4 rings (SSSR count). The van der Waals surface area contributed by atoms with Gasteiger partial charge in [0, 0.05) is 17.7 Å². The summed E-state index contributed by atoms with van der Waals surface area (Å²) in [5.74, 6) is 0.713. The van der Waals surface area contributed by atoms with Crippen LogP contribution in [0.3, 0.4) is 0 Å². The molecule has 0 spiro atoms. The number of aryl methyl sites for hydroxylation is 4. The van der Waals surface area contributed by atoms with Crippen LogP contribution in [0.2, 0.25) is 0 Å². The average molecular weight is 345 g/mol. The molecular weight excluding hydrogens is 314 g/mol. The van der Waals surface area contributed by atoms with Crippen molar-refractivity contribution in [3.8, 4) is 11.3 Å². The number of nitrogens with zero attached hydrogens (tertiary/aromatic N) is 1. The Morgan fingerprint density at radius 2 is 1.58 bits per heavy atom. The lowest BCUT2D eigenvalue weighted by Gasteiger charge is -2.16. The summed E-state index contributed by atoms with van der Waals surface area (Å²) in [5.41, 5.74) is 11.1. The first-order valence-electron chi connectivity index (χ1n) is 9.97. The van der Waals surface area contributed by atoms with E-state index in [-0.39, 0.29) is 0 Å². The van der Waals surface area contributed by atoms with Gasteiger partial charge in [-0.15, -0.1) is 0 Å². The number of pyridine rings is 1. The molecule has 0 saturated heterocycles. The van der Waals surface area contributed by atoms with Crippen LogP contribution >= 0.6 is 0 Å². The standard InChI is InChI=1S/C25H30N/c1-16-10-11-24-23(13-16)22(20-8-6-7-9-20)15-25(26(24)5)21-14-17(2)12-18(3)19(21)4/h10-15,20H,6-9H2,1-5H3/q+1. The molecule has 1 fully saturated rings. The van der Waals surface area contributed by atoms with Crippen LogP contribution in [0.4, 0.5) is 0 Å².